The van der Waals surface area contributed by atoms with Crippen LogP contribution >= 0.6 is 11.8 Å². The summed E-state index contributed by atoms with van der Waals surface area (Å²) in [6.45, 7) is 2.00. The lowest BCUT2D eigenvalue weighted by atomic mass is 10.1. The Morgan fingerprint density at radius 3 is 2.34 bits per heavy atom. The maximum atomic E-state index is 13.2. The molecule has 0 aliphatic heterocycles. The average Bonchev–Trinajstić information content (AvgIpc) is 3.19. The fourth-order valence-corrected chi connectivity index (χ4v) is 4.10. The standard InChI is InChI=1S/C24H23N5O2S/c1-16-8-12-19(13-9-16)26-23(30)21(17-6-4-3-5-7-17)32-24-28-27-22(29(24)25)18-10-14-20(31-2)15-11-18/h3-15,21H,25H2,1-2H3,(H,26,30). The fourth-order valence-electron chi connectivity index (χ4n) is 3.15. The monoisotopic (exact) mass is 445 g/mol. The highest BCUT2D eigenvalue weighted by Crippen LogP contribution is 2.36. The van der Waals surface area contributed by atoms with E-state index in [1.165, 1.54) is 16.4 Å². The molecular formula is C24H23N5O2S. The first-order chi connectivity index (χ1) is 15.5. The van der Waals surface area contributed by atoms with Crippen LogP contribution in [0.5, 0.6) is 5.75 Å². The van der Waals surface area contributed by atoms with Gasteiger partial charge in [0, 0.05) is 11.3 Å². The molecule has 0 aliphatic rings. The molecule has 162 valence electrons. The summed E-state index contributed by atoms with van der Waals surface area (Å²) in [5, 5.41) is 11.3. The third-order valence-corrected chi connectivity index (χ3v) is 6.11. The molecule has 0 bridgehead atoms. The second-order valence-electron chi connectivity index (χ2n) is 7.17. The number of aryl methyl sites for hydroxylation is 1. The predicted molar refractivity (Wildman–Crippen MR) is 127 cm³/mol. The topological polar surface area (TPSA) is 95.1 Å². The van der Waals surface area contributed by atoms with Crippen molar-refractivity contribution in [2.75, 3.05) is 18.3 Å². The van der Waals surface area contributed by atoms with Crippen LogP contribution in [-0.2, 0) is 4.79 Å². The SMILES string of the molecule is COc1ccc(-c2nnc(SC(C(=O)Nc3ccc(C)cc3)c3ccccc3)n2N)cc1. The number of aromatic nitrogens is 3. The number of benzene rings is 3. The Morgan fingerprint density at radius 1 is 1.00 bits per heavy atom. The summed E-state index contributed by atoms with van der Waals surface area (Å²) < 4.78 is 6.61. The third kappa shape index (κ3) is 4.76. The molecule has 8 heteroatoms. The van der Waals surface area contributed by atoms with Gasteiger partial charge >= 0.3 is 0 Å². The molecule has 0 spiro atoms. The summed E-state index contributed by atoms with van der Waals surface area (Å²) in [4.78, 5) is 13.2. The van der Waals surface area contributed by atoms with E-state index >= 15 is 0 Å². The van der Waals surface area contributed by atoms with Gasteiger partial charge in [-0.25, -0.2) is 4.68 Å². The molecular weight excluding hydrogens is 422 g/mol. The van der Waals surface area contributed by atoms with E-state index in [0.717, 1.165) is 28.1 Å². The molecule has 4 rings (SSSR count). The number of methoxy groups -OCH3 is 1. The lowest BCUT2D eigenvalue weighted by Gasteiger charge is -2.16. The summed E-state index contributed by atoms with van der Waals surface area (Å²) in [5.74, 6) is 7.38. The number of nitrogens with two attached hydrogens (primary N) is 1. The molecule has 1 atom stereocenters. The zero-order chi connectivity index (χ0) is 22.5. The first-order valence-corrected chi connectivity index (χ1v) is 10.9. The molecule has 0 fully saturated rings. The summed E-state index contributed by atoms with van der Waals surface area (Å²) in [7, 11) is 1.61. The van der Waals surface area contributed by atoms with Gasteiger partial charge in [0.15, 0.2) is 5.82 Å². The first-order valence-electron chi connectivity index (χ1n) is 9.99. The van der Waals surface area contributed by atoms with Gasteiger partial charge in [0.2, 0.25) is 11.1 Å². The van der Waals surface area contributed by atoms with E-state index in [-0.39, 0.29) is 5.91 Å². The number of carbonyl (C=O) groups excluding carboxylic acids is 1. The van der Waals surface area contributed by atoms with Crippen LogP contribution in [0.25, 0.3) is 11.4 Å². The number of hydrogen-bond acceptors (Lipinski definition) is 6. The van der Waals surface area contributed by atoms with Gasteiger partial charge < -0.3 is 15.9 Å². The maximum Gasteiger partial charge on any atom is 0.242 e. The highest BCUT2D eigenvalue weighted by atomic mass is 32.2. The van der Waals surface area contributed by atoms with E-state index in [0.29, 0.717) is 11.0 Å². The number of nitrogen functional groups attached to an aromatic ring is 1. The molecule has 7 nitrogen and oxygen atoms in total. The Labute approximate surface area is 190 Å². The molecule has 4 aromatic rings. The van der Waals surface area contributed by atoms with Crippen molar-refractivity contribution in [2.45, 2.75) is 17.3 Å². The molecule has 3 N–H and O–H groups in total. The number of rotatable bonds is 7. The van der Waals surface area contributed by atoms with Crippen LogP contribution in [0.1, 0.15) is 16.4 Å². The minimum atomic E-state index is -0.562. The van der Waals surface area contributed by atoms with Gasteiger partial charge in [0.25, 0.3) is 0 Å². The number of hydrogen-bond donors (Lipinski definition) is 2. The second-order valence-corrected chi connectivity index (χ2v) is 8.24. The van der Waals surface area contributed by atoms with Crippen molar-refractivity contribution in [2.24, 2.45) is 0 Å². The zero-order valence-corrected chi connectivity index (χ0v) is 18.5. The molecule has 1 amide bonds. The van der Waals surface area contributed by atoms with Crippen LogP contribution in [0.2, 0.25) is 0 Å². The van der Waals surface area contributed by atoms with Gasteiger partial charge in [0.1, 0.15) is 11.0 Å². The van der Waals surface area contributed by atoms with E-state index in [4.69, 9.17) is 10.6 Å². The Balaban J connectivity index is 1.60. The van der Waals surface area contributed by atoms with Gasteiger partial charge in [0.05, 0.1) is 7.11 Å². The van der Waals surface area contributed by atoms with Crippen LogP contribution in [0.3, 0.4) is 0 Å². The summed E-state index contributed by atoms with van der Waals surface area (Å²) in [5.41, 5.74) is 3.50. The van der Waals surface area contributed by atoms with Gasteiger partial charge in [-0.3, -0.25) is 4.79 Å². The first kappa shape index (κ1) is 21.5. The number of nitrogens with zero attached hydrogens (tertiary/aromatic N) is 3. The zero-order valence-electron chi connectivity index (χ0n) is 17.7. The lowest BCUT2D eigenvalue weighted by molar-refractivity contribution is -0.115. The molecule has 0 saturated carbocycles. The fraction of sp³-hybridized carbons (Fsp3) is 0.125. The smallest absolute Gasteiger partial charge is 0.242 e. The molecule has 1 heterocycles. The molecule has 32 heavy (non-hydrogen) atoms. The van der Waals surface area contributed by atoms with Crippen molar-refractivity contribution in [1.29, 1.82) is 0 Å². The molecule has 0 saturated heterocycles. The Hall–Kier alpha value is -3.78. The van der Waals surface area contributed by atoms with Crippen LogP contribution in [0.4, 0.5) is 5.69 Å². The molecule has 1 aromatic heterocycles. The second kappa shape index (κ2) is 9.57. The summed E-state index contributed by atoms with van der Waals surface area (Å²) >= 11 is 1.25. The minimum Gasteiger partial charge on any atom is -0.497 e. The average molecular weight is 446 g/mol. The van der Waals surface area contributed by atoms with Crippen molar-refractivity contribution >= 4 is 23.4 Å². The number of amides is 1. The van der Waals surface area contributed by atoms with Crippen LogP contribution < -0.4 is 15.9 Å². The number of anilines is 1. The highest BCUT2D eigenvalue weighted by molar-refractivity contribution is 8.00. The number of nitrogens with one attached hydrogen (secondary N) is 1. The van der Waals surface area contributed by atoms with Gasteiger partial charge in [-0.1, -0.05) is 59.8 Å². The van der Waals surface area contributed by atoms with Gasteiger partial charge in [-0.05, 0) is 48.9 Å². The third-order valence-electron chi connectivity index (χ3n) is 4.90. The Morgan fingerprint density at radius 2 is 1.69 bits per heavy atom. The summed E-state index contributed by atoms with van der Waals surface area (Å²) in [6.07, 6.45) is 0. The van der Waals surface area contributed by atoms with Crippen LogP contribution in [0, 0.1) is 6.92 Å². The van der Waals surface area contributed by atoms with E-state index in [2.05, 4.69) is 15.5 Å². The molecule has 0 aliphatic carbocycles. The van der Waals surface area contributed by atoms with Crippen LogP contribution in [0.15, 0.2) is 84.0 Å². The number of thioether (sulfide) groups is 1. The normalized spacial score (nSPS) is 11.7. The number of carbonyl (C=O) groups is 1. The van der Waals surface area contributed by atoms with E-state index in [9.17, 15) is 4.79 Å². The van der Waals surface area contributed by atoms with E-state index in [1.807, 2.05) is 85.8 Å². The van der Waals surface area contributed by atoms with Crippen molar-refractivity contribution < 1.29 is 9.53 Å². The molecule has 3 aromatic carbocycles. The van der Waals surface area contributed by atoms with Gasteiger partial charge in [-0.2, -0.15) is 0 Å². The van der Waals surface area contributed by atoms with Crippen molar-refractivity contribution in [3.8, 4) is 17.1 Å². The quantitative estimate of drug-likeness (QED) is 0.322. The minimum absolute atomic E-state index is 0.168. The van der Waals surface area contributed by atoms with Crippen molar-refractivity contribution in [3.63, 3.8) is 0 Å². The Bertz CT molecular complexity index is 1190. The summed E-state index contributed by atoms with van der Waals surface area (Å²) in [6, 6.07) is 24.6. The van der Waals surface area contributed by atoms with Crippen molar-refractivity contribution in [1.82, 2.24) is 14.9 Å². The van der Waals surface area contributed by atoms with E-state index in [1.54, 1.807) is 7.11 Å². The predicted octanol–water partition coefficient (Wildman–Crippen LogP) is 4.45. The largest absolute Gasteiger partial charge is 0.497 e. The Kier molecular flexibility index (Phi) is 6.42. The number of ether oxygens (including phenoxy) is 1. The van der Waals surface area contributed by atoms with Crippen molar-refractivity contribution in [3.05, 3.63) is 90.0 Å². The highest BCUT2D eigenvalue weighted by Gasteiger charge is 2.25. The van der Waals surface area contributed by atoms with Gasteiger partial charge in [-0.15, -0.1) is 10.2 Å². The van der Waals surface area contributed by atoms with E-state index < -0.39 is 5.25 Å². The maximum absolute atomic E-state index is 13.2. The molecule has 1 unspecified atom stereocenters. The van der Waals surface area contributed by atoms with Crippen LogP contribution in [-0.4, -0.2) is 27.9 Å². The lowest BCUT2D eigenvalue weighted by Crippen LogP contribution is -2.20. The molecule has 0 radical (unpaired) electrons.